The Kier molecular flexibility index (Phi) is 9.10. The number of methoxy groups -OCH3 is 1. The van der Waals surface area contributed by atoms with Crippen molar-refractivity contribution in [3.8, 4) is 0 Å². The number of aromatic amines is 1. The van der Waals surface area contributed by atoms with Gasteiger partial charge < -0.3 is 33.6 Å². The van der Waals surface area contributed by atoms with Gasteiger partial charge in [-0.25, -0.2) is 18.5 Å². The summed E-state index contributed by atoms with van der Waals surface area (Å²) in [7, 11) is -8.37. The fourth-order valence-electron chi connectivity index (χ4n) is 2.91. The van der Waals surface area contributed by atoms with Crippen molar-refractivity contribution in [2.45, 2.75) is 24.0 Å². The molecule has 2 rings (SSSR count). The van der Waals surface area contributed by atoms with Gasteiger partial charge in [-0.3, -0.25) is 27.9 Å². The van der Waals surface area contributed by atoms with Gasteiger partial charge in [0.2, 0.25) is 0 Å². The number of nitrogens with one attached hydrogen (secondary N) is 1. The maximum absolute atomic E-state index is 12.4. The molecule has 1 fully saturated rings. The predicted molar refractivity (Wildman–Crippen MR) is 109 cm³/mol. The fraction of sp³-hybridized carbons (Fsp3) is 0.667. The molecule has 0 radical (unpaired) electrons. The first kappa shape index (κ1) is 28.6. The molecule has 2 heterocycles. The van der Waals surface area contributed by atoms with Crippen LogP contribution in [0, 0.1) is 0 Å². The molecule has 0 bridgehead atoms. The van der Waals surface area contributed by atoms with Gasteiger partial charge in [-0.05, 0) is 0 Å². The quantitative estimate of drug-likeness (QED) is 0.142. The zero-order chi connectivity index (χ0) is 25.2. The van der Waals surface area contributed by atoms with Crippen LogP contribution < -0.4 is 11.2 Å². The summed E-state index contributed by atoms with van der Waals surface area (Å²) in [5, 5.41) is 0. The number of aromatic nitrogens is 2. The summed E-state index contributed by atoms with van der Waals surface area (Å²) < 4.78 is 65.7. The maximum atomic E-state index is 12.4. The highest BCUT2D eigenvalue weighted by atomic mass is 32.7. The highest BCUT2D eigenvalue weighted by molar-refractivity contribution is 8.44. The van der Waals surface area contributed by atoms with Gasteiger partial charge in [0.25, 0.3) is 5.56 Å². The van der Waals surface area contributed by atoms with E-state index in [1.165, 1.54) is 0 Å². The van der Waals surface area contributed by atoms with Crippen LogP contribution >= 0.6 is 34.7 Å². The number of ether oxygens (including phenoxy) is 2. The van der Waals surface area contributed by atoms with Gasteiger partial charge in [0.1, 0.15) is 17.8 Å². The highest BCUT2D eigenvalue weighted by Gasteiger charge is 2.60. The molecule has 21 heteroatoms. The molecule has 0 aromatic carbocycles. The number of hydrogen-bond donors (Lipinski definition) is 6. The van der Waals surface area contributed by atoms with Crippen molar-refractivity contribution >= 4 is 34.7 Å². The van der Waals surface area contributed by atoms with E-state index < -0.39 is 70.9 Å². The van der Waals surface area contributed by atoms with Crippen LogP contribution in [-0.4, -0.2) is 74.4 Å². The molecule has 4 atom stereocenters. The van der Waals surface area contributed by atoms with Gasteiger partial charge in [-0.1, -0.05) is 12.2 Å². The molecule has 190 valence electrons. The third-order valence-corrected chi connectivity index (χ3v) is 6.94. The lowest BCUT2D eigenvalue weighted by Crippen LogP contribution is -2.51. The molecule has 0 aliphatic carbocycles. The molecule has 1 aliphatic heterocycles. The lowest BCUT2D eigenvalue weighted by molar-refractivity contribution is -0.143. The Morgan fingerprint density at radius 2 is 1.67 bits per heavy atom. The van der Waals surface area contributed by atoms with Crippen LogP contribution in [0.2, 0.25) is 0 Å². The molecule has 33 heavy (non-hydrogen) atoms. The second kappa shape index (κ2) is 10.5. The van der Waals surface area contributed by atoms with Crippen LogP contribution in [0.3, 0.4) is 0 Å². The van der Waals surface area contributed by atoms with Gasteiger partial charge >= 0.3 is 28.1 Å². The summed E-state index contributed by atoms with van der Waals surface area (Å²) >= 11 is 3.72. The van der Waals surface area contributed by atoms with Crippen LogP contribution in [0.15, 0.2) is 21.9 Å². The van der Waals surface area contributed by atoms with Crippen LogP contribution in [0.1, 0.15) is 6.23 Å². The van der Waals surface area contributed by atoms with Crippen molar-refractivity contribution < 1.29 is 60.8 Å². The molecule has 1 saturated heterocycles. The minimum absolute atomic E-state index is 0.767. The molecule has 1 aromatic heterocycles. The van der Waals surface area contributed by atoms with Gasteiger partial charge in [0.05, 0.1) is 13.2 Å². The summed E-state index contributed by atoms with van der Waals surface area (Å²) in [6.45, 7) is -6.55. The number of hydrogen-bond acceptors (Lipinski definition) is 11. The largest absolute Gasteiger partial charge is 0.469 e. The SMILES string of the molecule is CO[C@H]1C(OP(=O)(S)OC)C(COP(=O)(O)O)(COP(=O)(O)O)O[C@H]1n1ccc(=O)[nH]c1=O. The van der Waals surface area contributed by atoms with Crippen molar-refractivity contribution in [2.24, 2.45) is 0 Å². The summed E-state index contributed by atoms with van der Waals surface area (Å²) in [6.07, 6.45) is -3.83. The molecule has 2 unspecified atom stereocenters. The summed E-state index contributed by atoms with van der Waals surface area (Å²) in [6, 6.07) is 0.935. The second-order valence-corrected chi connectivity index (χ2v) is 12.0. The van der Waals surface area contributed by atoms with Crippen molar-refractivity contribution in [1.82, 2.24) is 9.55 Å². The smallest absolute Gasteiger partial charge is 0.374 e. The summed E-state index contributed by atoms with van der Waals surface area (Å²) in [4.78, 5) is 62.2. The highest BCUT2D eigenvalue weighted by Crippen LogP contribution is 2.58. The first-order chi connectivity index (χ1) is 15.0. The molecular weight excluding hydrogens is 537 g/mol. The molecule has 1 aromatic rings. The van der Waals surface area contributed by atoms with Crippen molar-refractivity contribution in [3.63, 3.8) is 0 Å². The van der Waals surface area contributed by atoms with Crippen LogP contribution in [0.25, 0.3) is 0 Å². The number of rotatable bonds is 11. The molecule has 0 saturated carbocycles. The first-order valence-electron chi connectivity index (χ1n) is 8.52. The Bertz CT molecular complexity index is 1070. The van der Waals surface area contributed by atoms with Crippen molar-refractivity contribution in [3.05, 3.63) is 33.1 Å². The summed E-state index contributed by atoms with van der Waals surface area (Å²) in [5.41, 5.74) is -4.15. The second-order valence-electron chi connectivity index (χ2n) is 6.50. The van der Waals surface area contributed by atoms with Crippen molar-refractivity contribution in [1.29, 1.82) is 0 Å². The van der Waals surface area contributed by atoms with Gasteiger partial charge in [0, 0.05) is 26.5 Å². The normalized spacial score (nSPS) is 25.1. The number of nitrogens with zero attached hydrogens (tertiary/aromatic N) is 1. The van der Waals surface area contributed by atoms with E-state index in [0.29, 0.717) is 0 Å². The molecule has 1 aliphatic rings. The first-order valence-corrected chi connectivity index (χ1v) is 14.3. The van der Waals surface area contributed by atoms with Crippen LogP contribution in [0.4, 0.5) is 0 Å². The third-order valence-electron chi connectivity index (χ3n) is 4.28. The van der Waals surface area contributed by atoms with E-state index >= 15 is 0 Å². The zero-order valence-corrected chi connectivity index (χ0v) is 20.4. The fourth-order valence-corrected chi connectivity index (χ4v) is 4.67. The van der Waals surface area contributed by atoms with Crippen molar-refractivity contribution in [2.75, 3.05) is 27.4 Å². The lowest BCUT2D eigenvalue weighted by atomic mass is 9.97. The predicted octanol–water partition coefficient (Wildman–Crippen LogP) is -0.893. The lowest BCUT2D eigenvalue weighted by Gasteiger charge is -2.34. The molecular formula is C12H21N2O15P3S. The zero-order valence-electron chi connectivity index (χ0n) is 16.8. The standard InChI is InChI=1S/C12H21N2O15P3S/c1-24-8-9(29-32(23,33)25-2)12(5-26-30(17,18)19,6-27-31(20,21)22)28-10(8)14-4-3-7(15)13-11(14)16/h3-4,8-10H,5-6H2,1-2H3,(H,23,33)(H,13,15,16)(H2,17,18,19)(H2,20,21,22)/t8-,9?,10+,32?/m0/s1. The Hall–Kier alpha value is -0.680. The number of phosphoric acid groups is 2. The van der Waals surface area contributed by atoms with Gasteiger partial charge in [-0.2, -0.15) is 0 Å². The van der Waals surface area contributed by atoms with E-state index in [-0.39, 0.29) is 0 Å². The monoisotopic (exact) mass is 558 g/mol. The van der Waals surface area contributed by atoms with E-state index in [2.05, 4.69) is 25.8 Å². The topological polar surface area (TPSA) is 242 Å². The Labute approximate surface area is 190 Å². The number of thiol groups is 1. The Morgan fingerprint density at radius 1 is 1.12 bits per heavy atom. The third kappa shape index (κ3) is 7.65. The maximum Gasteiger partial charge on any atom is 0.469 e. The van der Waals surface area contributed by atoms with E-state index in [0.717, 1.165) is 31.0 Å². The molecule has 5 N–H and O–H groups in total. The van der Waals surface area contributed by atoms with E-state index in [9.17, 15) is 23.3 Å². The minimum Gasteiger partial charge on any atom is -0.374 e. The van der Waals surface area contributed by atoms with E-state index in [1.807, 2.05) is 4.98 Å². The number of phosphoric ester groups is 2. The molecule has 17 nitrogen and oxygen atoms in total. The molecule has 0 amide bonds. The Morgan fingerprint density at radius 3 is 2.09 bits per heavy atom. The van der Waals surface area contributed by atoms with Crippen LogP contribution in [0.5, 0.6) is 0 Å². The summed E-state index contributed by atoms with van der Waals surface area (Å²) in [5.74, 6) is 0. The van der Waals surface area contributed by atoms with E-state index in [4.69, 9.17) is 33.6 Å². The average molecular weight is 558 g/mol. The van der Waals surface area contributed by atoms with Gasteiger partial charge in [-0.15, -0.1) is 0 Å². The molecule has 0 spiro atoms. The minimum atomic E-state index is -5.21. The number of H-pyrrole nitrogens is 1. The van der Waals surface area contributed by atoms with E-state index in [1.54, 1.807) is 0 Å². The van der Waals surface area contributed by atoms with Gasteiger partial charge in [0.15, 0.2) is 6.23 Å². The van der Waals surface area contributed by atoms with Crippen LogP contribution in [-0.2, 0) is 41.3 Å². The Balaban J connectivity index is 2.66. The average Bonchev–Trinajstić information content (AvgIpc) is 2.97.